The second-order valence-corrected chi connectivity index (χ2v) is 7.40. The molecule has 0 amide bonds. The number of aryl methyl sites for hydroxylation is 2. The molecule has 0 fully saturated rings. The molecule has 0 aromatic heterocycles. The summed E-state index contributed by atoms with van der Waals surface area (Å²) in [7, 11) is -3.97. The summed E-state index contributed by atoms with van der Waals surface area (Å²) in [6, 6.07) is 23.8. The first-order valence-corrected chi connectivity index (χ1v) is 10.5. The molecule has 0 bridgehead atoms. The van der Waals surface area contributed by atoms with Gasteiger partial charge in [0, 0.05) is 0 Å². The third kappa shape index (κ3) is 4.93. The highest BCUT2D eigenvalue weighted by molar-refractivity contribution is 7.49. The van der Waals surface area contributed by atoms with Gasteiger partial charge in [-0.05, 0) is 48.2 Å². The van der Waals surface area contributed by atoms with Crippen molar-refractivity contribution in [2.24, 2.45) is 0 Å². The average molecular weight is 382 g/mol. The highest BCUT2D eigenvalue weighted by Gasteiger charge is 2.34. The Bertz CT molecular complexity index is 871. The third-order valence-electron chi connectivity index (χ3n) is 4.09. The molecule has 0 radical (unpaired) electrons. The number of hydrogen-bond donors (Lipinski definition) is 0. The Morgan fingerprint density at radius 3 is 1.56 bits per heavy atom. The summed E-state index contributed by atoms with van der Waals surface area (Å²) in [6.45, 7) is 4.02. The smallest absolute Gasteiger partial charge is 0.386 e. The minimum atomic E-state index is -3.97. The lowest BCUT2D eigenvalue weighted by atomic mass is 10.1. The van der Waals surface area contributed by atoms with Gasteiger partial charge in [0.15, 0.2) is 0 Å². The first-order chi connectivity index (χ1) is 13.1. The lowest BCUT2D eigenvalue weighted by Crippen LogP contribution is -2.09. The molecule has 140 valence electrons. The molecule has 0 aliphatic rings. The first-order valence-electron chi connectivity index (χ1n) is 9.03. The second-order valence-electron chi connectivity index (χ2n) is 5.96. The maximum Gasteiger partial charge on any atom is 0.647 e. The summed E-state index contributed by atoms with van der Waals surface area (Å²) >= 11 is 0. The first kappa shape index (κ1) is 19.1. The molecule has 0 aliphatic heterocycles. The number of para-hydroxylation sites is 3. The highest BCUT2D eigenvalue weighted by atomic mass is 31.2. The van der Waals surface area contributed by atoms with Crippen LogP contribution >= 0.6 is 7.82 Å². The van der Waals surface area contributed by atoms with Crippen LogP contribution in [0.2, 0.25) is 0 Å². The molecule has 0 atom stereocenters. The molecular weight excluding hydrogens is 359 g/mol. The zero-order valence-electron chi connectivity index (χ0n) is 15.5. The van der Waals surface area contributed by atoms with Crippen LogP contribution in [-0.4, -0.2) is 0 Å². The van der Waals surface area contributed by atoms with E-state index in [1.165, 1.54) is 0 Å². The van der Waals surface area contributed by atoms with E-state index in [2.05, 4.69) is 0 Å². The Kier molecular flexibility index (Phi) is 6.20. The molecule has 0 saturated carbocycles. The predicted molar refractivity (Wildman–Crippen MR) is 108 cm³/mol. The molecule has 3 aromatic rings. The second kappa shape index (κ2) is 8.79. The van der Waals surface area contributed by atoms with Crippen LogP contribution in [-0.2, 0) is 17.4 Å². The van der Waals surface area contributed by atoms with Crippen LogP contribution in [0.4, 0.5) is 0 Å². The zero-order chi connectivity index (χ0) is 19.1. The van der Waals surface area contributed by atoms with Crippen LogP contribution in [0, 0.1) is 0 Å². The van der Waals surface area contributed by atoms with Crippen LogP contribution in [0.15, 0.2) is 78.9 Å². The Morgan fingerprint density at radius 1 is 0.630 bits per heavy atom. The third-order valence-corrected chi connectivity index (χ3v) is 5.36. The van der Waals surface area contributed by atoms with Crippen molar-refractivity contribution in [3.05, 3.63) is 90.0 Å². The van der Waals surface area contributed by atoms with Crippen LogP contribution in [0.1, 0.15) is 25.0 Å². The van der Waals surface area contributed by atoms with Crippen LogP contribution in [0.3, 0.4) is 0 Å². The van der Waals surface area contributed by atoms with E-state index in [9.17, 15) is 4.57 Å². The van der Waals surface area contributed by atoms with E-state index in [0.717, 1.165) is 24.0 Å². The van der Waals surface area contributed by atoms with Gasteiger partial charge in [-0.3, -0.25) is 0 Å². The maximum absolute atomic E-state index is 13.6. The fraction of sp³-hybridized carbons (Fsp3) is 0.182. The topological polar surface area (TPSA) is 44.8 Å². The van der Waals surface area contributed by atoms with Gasteiger partial charge in [0.1, 0.15) is 17.2 Å². The number of hydrogen-bond acceptors (Lipinski definition) is 4. The lowest BCUT2D eigenvalue weighted by Gasteiger charge is -2.21. The van der Waals surface area contributed by atoms with Crippen molar-refractivity contribution in [3.63, 3.8) is 0 Å². The molecule has 0 spiro atoms. The Balaban J connectivity index is 1.96. The van der Waals surface area contributed by atoms with Gasteiger partial charge < -0.3 is 13.6 Å². The Morgan fingerprint density at radius 2 is 1.07 bits per heavy atom. The largest absolute Gasteiger partial charge is 0.647 e. The van der Waals surface area contributed by atoms with Crippen molar-refractivity contribution >= 4 is 7.82 Å². The summed E-state index contributed by atoms with van der Waals surface area (Å²) < 4.78 is 31.0. The number of phosphoric ester groups is 1. The van der Waals surface area contributed by atoms with E-state index in [-0.39, 0.29) is 0 Å². The van der Waals surface area contributed by atoms with Gasteiger partial charge in [-0.15, -0.1) is 0 Å². The van der Waals surface area contributed by atoms with Gasteiger partial charge >= 0.3 is 7.82 Å². The molecule has 0 saturated heterocycles. The van der Waals surface area contributed by atoms with Crippen molar-refractivity contribution in [2.75, 3.05) is 0 Å². The van der Waals surface area contributed by atoms with Gasteiger partial charge in [0.25, 0.3) is 0 Å². The molecule has 3 rings (SSSR count). The van der Waals surface area contributed by atoms with Crippen molar-refractivity contribution in [2.45, 2.75) is 26.7 Å². The van der Waals surface area contributed by atoms with Crippen LogP contribution in [0.25, 0.3) is 0 Å². The molecule has 4 nitrogen and oxygen atoms in total. The van der Waals surface area contributed by atoms with Crippen LogP contribution < -0.4 is 13.6 Å². The molecule has 5 heteroatoms. The van der Waals surface area contributed by atoms with E-state index in [1.54, 1.807) is 36.4 Å². The minimum Gasteiger partial charge on any atom is -0.386 e. The highest BCUT2D eigenvalue weighted by Crippen LogP contribution is 2.51. The molecule has 0 N–H and O–H groups in total. The van der Waals surface area contributed by atoms with E-state index in [4.69, 9.17) is 13.6 Å². The quantitative estimate of drug-likeness (QED) is 0.420. The van der Waals surface area contributed by atoms with E-state index < -0.39 is 7.82 Å². The molecule has 0 aliphatic carbocycles. The molecule has 3 aromatic carbocycles. The monoisotopic (exact) mass is 382 g/mol. The minimum absolute atomic E-state index is 0.420. The van der Waals surface area contributed by atoms with E-state index in [0.29, 0.717) is 17.2 Å². The molecular formula is C22H23O4P. The summed E-state index contributed by atoms with van der Waals surface area (Å²) in [5, 5.41) is 0. The van der Waals surface area contributed by atoms with E-state index >= 15 is 0 Å². The van der Waals surface area contributed by atoms with Crippen molar-refractivity contribution in [1.82, 2.24) is 0 Å². The van der Waals surface area contributed by atoms with Crippen LogP contribution in [0.5, 0.6) is 17.2 Å². The normalized spacial score (nSPS) is 11.0. The summed E-state index contributed by atoms with van der Waals surface area (Å²) in [5.41, 5.74) is 1.86. The summed E-state index contributed by atoms with van der Waals surface area (Å²) in [5.74, 6) is 1.41. The van der Waals surface area contributed by atoms with Gasteiger partial charge in [0.05, 0.1) is 0 Å². The summed E-state index contributed by atoms with van der Waals surface area (Å²) in [6.07, 6.45) is 1.49. The van der Waals surface area contributed by atoms with Crippen molar-refractivity contribution < 1.29 is 18.1 Å². The zero-order valence-corrected chi connectivity index (χ0v) is 16.4. The van der Waals surface area contributed by atoms with Gasteiger partial charge in [-0.25, -0.2) is 0 Å². The van der Waals surface area contributed by atoms with Gasteiger partial charge in [-0.1, -0.05) is 68.4 Å². The van der Waals surface area contributed by atoms with Gasteiger partial charge in [-0.2, -0.15) is 4.57 Å². The SMILES string of the molecule is CCc1ccccc1OP(=O)(Oc1ccccc1)Oc1ccccc1CC. The van der Waals surface area contributed by atoms with Gasteiger partial charge in [0.2, 0.25) is 0 Å². The van der Waals surface area contributed by atoms with E-state index in [1.807, 2.05) is 56.3 Å². The number of phosphoric acid groups is 1. The molecule has 27 heavy (non-hydrogen) atoms. The fourth-order valence-corrected chi connectivity index (χ4v) is 4.01. The summed E-state index contributed by atoms with van der Waals surface area (Å²) in [4.78, 5) is 0. The number of rotatable bonds is 8. The average Bonchev–Trinajstić information content (AvgIpc) is 2.69. The Labute approximate surface area is 160 Å². The lowest BCUT2D eigenvalue weighted by molar-refractivity contribution is 0.296. The van der Waals surface area contributed by atoms with Crippen molar-refractivity contribution in [1.29, 1.82) is 0 Å². The number of benzene rings is 3. The Hall–Kier alpha value is -2.71. The molecule has 0 unspecified atom stereocenters. The maximum atomic E-state index is 13.6. The van der Waals surface area contributed by atoms with Crippen molar-refractivity contribution in [3.8, 4) is 17.2 Å². The fourth-order valence-electron chi connectivity index (χ4n) is 2.68. The predicted octanol–water partition coefficient (Wildman–Crippen LogP) is 6.46. The standard InChI is InChI=1S/C22H23O4P/c1-3-18-12-8-10-16-21(18)25-27(23,24-20-14-6-5-7-15-20)26-22-17-11-9-13-19(22)4-2/h5-17H,3-4H2,1-2H3. The molecule has 0 heterocycles.